The summed E-state index contributed by atoms with van der Waals surface area (Å²) in [4.78, 5) is 20.4. The van der Waals surface area contributed by atoms with Gasteiger partial charge in [0.15, 0.2) is 5.65 Å². The first kappa shape index (κ1) is 27.1. The predicted molar refractivity (Wildman–Crippen MR) is 160 cm³/mol. The molecule has 8 heterocycles. The third-order valence-electron chi connectivity index (χ3n) is 6.38. The van der Waals surface area contributed by atoms with E-state index in [-0.39, 0.29) is 0 Å². The van der Waals surface area contributed by atoms with E-state index in [1.54, 1.807) is 48.0 Å². The van der Waals surface area contributed by atoms with Crippen LogP contribution in [0.1, 0.15) is 22.3 Å². The zero-order valence-electron chi connectivity index (χ0n) is 23.4. The van der Waals surface area contributed by atoms with Crippen molar-refractivity contribution in [1.82, 2.24) is 48.5 Å². The maximum absolute atomic E-state index is 4.18. The Labute approximate surface area is 237 Å². The van der Waals surface area contributed by atoms with Crippen LogP contribution in [0.25, 0.3) is 27.7 Å². The van der Waals surface area contributed by atoms with E-state index in [2.05, 4.69) is 55.0 Å². The summed E-state index contributed by atoms with van der Waals surface area (Å²) in [5, 5.41) is 9.36. The second-order valence-corrected chi connectivity index (χ2v) is 9.32. The van der Waals surface area contributed by atoms with Gasteiger partial charge in [-0.05, 0) is 80.8 Å². The Morgan fingerprint density at radius 3 is 2.07 bits per heavy atom. The Hall–Kier alpha value is -5.51. The molecule has 0 amide bonds. The third-order valence-corrected chi connectivity index (χ3v) is 6.38. The first-order chi connectivity index (χ1) is 20.0. The molecule has 8 aromatic rings. The largest absolute Gasteiger partial charge is 0.290 e. The van der Waals surface area contributed by atoms with Crippen LogP contribution in [0.4, 0.5) is 0 Å². The Kier molecular flexibility index (Phi) is 8.30. The number of aromatic nitrogens is 10. The number of hydrogen-bond acceptors (Lipinski definition) is 7. The molecule has 8 aromatic heterocycles. The molecule has 0 spiro atoms. The maximum Gasteiger partial charge on any atom is 0.156 e. The summed E-state index contributed by atoms with van der Waals surface area (Å²) in [5.74, 6) is 0. The molecule has 41 heavy (non-hydrogen) atoms. The van der Waals surface area contributed by atoms with Crippen molar-refractivity contribution in [2.75, 3.05) is 0 Å². The second-order valence-electron chi connectivity index (χ2n) is 9.32. The molecule has 0 fully saturated rings. The lowest BCUT2D eigenvalue weighted by Crippen LogP contribution is -1.90. The summed E-state index contributed by atoms with van der Waals surface area (Å²) in [5.41, 5.74) is 8.83. The number of aryl methyl sites for hydroxylation is 4. The van der Waals surface area contributed by atoms with Gasteiger partial charge in [-0.25, -0.2) is 24.0 Å². The van der Waals surface area contributed by atoms with E-state index in [1.165, 1.54) is 22.0 Å². The summed E-state index contributed by atoms with van der Waals surface area (Å²) in [7, 11) is 0. The molecule has 0 aromatic carbocycles. The molecule has 0 bridgehead atoms. The Bertz CT molecular complexity index is 1840. The first-order valence-electron chi connectivity index (χ1n) is 13.0. The number of nitrogens with zero attached hydrogens (tertiary/aromatic N) is 10. The topological polar surface area (TPSA) is 103 Å². The molecule has 0 aliphatic carbocycles. The first-order valence-corrected chi connectivity index (χ1v) is 13.0. The van der Waals surface area contributed by atoms with Gasteiger partial charge in [-0.2, -0.15) is 10.2 Å². The van der Waals surface area contributed by atoms with Crippen molar-refractivity contribution in [2.24, 2.45) is 0 Å². The second kappa shape index (κ2) is 12.6. The highest BCUT2D eigenvalue weighted by molar-refractivity contribution is 5.80. The lowest BCUT2D eigenvalue weighted by atomic mass is 10.2. The minimum absolute atomic E-state index is 0.933. The third kappa shape index (κ3) is 6.39. The van der Waals surface area contributed by atoms with E-state index in [1.807, 2.05) is 84.1 Å². The Balaban J connectivity index is 0.000000110. The molecule has 0 aliphatic heterocycles. The highest BCUT2D eigenvalue weighted by Gasteiger charge is 1.96. The van der Waals surface area contributed by atoms with Crippen LogP contribution in [-0.4, -0.2) is 48.5 Å². The van der Waals surface area contributed by atoms with Crippen molar-refractivity contribution in [3.8, 4) is 0 Å². The zero-order valence-corrected chi connectivity index (χ0v) is 23.4. The quantitative estimate of drug-likeness (QED) is 0.244. The summed E-state index contributed by atoms with van der Waals surface area (Å²) in [6, 6.07) is 12.0. The molecule has 0 N–H and O–H groups in total. The van der Waals surface area contributed by atoms with Crippen LogP contribution in [-0.2, 0) is 0 Å². The lowest BCUT2D eigenvalue weighted by Gasteiger charge is -1.97. The van der Waals surface area contributed by atoms with Crippen LogP contribution in [0, 0.1) is 27.7 Å². The van der Waals surface area contributed by atoms with E-state index in [0.29, 0.717) is 0 Å². The lowest BCUT2D eigenvalue weighted by molar-refractivity contribution is 0.928. The number of fused-ring (bicyclic) bond motifs is 4. The van der Waals surface area contributed by atoms with Crippen molar-refractivity contribution in [2.45, 2.75) is 27.7 Å². The SMILES string of the molecule is Cc1ccnc2cnccc12.Cc1ccnn2cccc12.Cc1ccnn2ccnc12.Cc1cncn2ccnc12. The minimum atomic E-state index is 0.933. The molecule has 10 nitrogen and oxygen atoms in total. The average molecular weight is 543 g/mol. The molecule has 0 unspecified atom stereocenters. The summed E-state index contributed by atoms with van der Waals surface area (Å²) < 4.78 is 5.53. The standard InChI is InChI=1S/C9H8N2.C8H8N2.2C7H7N3/c1-7-2-5-11-9-6-10-4-3-8(7)9;1-7-4-5-9-10-6-2-3-8(7)10;1-6-4-8-5-10-3-2-9-7(6)10;1-6-2-3-9-10-5-4-8-7(6)10/h2-6H,1H3;2-6H,1H3;2*2-5H,1H3. The van der Waals surface area contributed by atoms with Gasteiger partial charge in [0.25, 0.3) is 0 Å². The summed E-state index contributed by atoms with van der Waals surface area (Å²) in [6.07, 6.45) is 21.7. The van der Waals surface area contributed by atoms with Crippen molar-refractivity contribution in [3.63, 3.8) is 0 Å². The van der Waals surface area contributed by atoms with E-state index >= 15 is 0 Å². The van der Waals surface area contributed by atoms with E-state index in [9.17, 15) is 0 Å². The Morgan fingerprint density at radius 2 is 1.29 bits per heavy atom. The van der Waals surface area contributed by atoms with Crippen molar-refractivity contribution in [3.05, 3.63) is 133 Å². The summed E-state index contributed by atoms with van der Waals surface area (Å²) in [6.45, 7) is 8.17. The molecule has 10 heteroatoms. The van der Waals surface area contributed by atoms with Crippen molar-refractivity contribution < 1.29 is 0 Å². The Morgan fingerprint density at radius 1 is 0.537 bits per heavy atom. The molecular weight excluding hydrogens is 512 g/mol. The van der Waals surface area contributed by atoms with Crippen LogP contribution in [0.2, 0.25) is 0 Å². The van der Waals surface area contributed by atoms with Crippen LogP contribution < -0.4 is 0 Å². The van der Waals surface area contributed by atoms with E-state index in [4.69, 9.17) is 0 Å². The van der Waals surface area contributed by atoms with Gasteiger partial charge in [0.05, 0.1) is 17.2 Å². The molecule has 0 atom stereocenters. The maximum atomic E-state index is 4.18. The van der Waals surface area contributed by atoms with Crippen LogP contribution in [0.15, 0.2) is 111 Å². The predicted octanol–water partition coefficient (Wildman–Crippen LogP) is 5.66. The van der Waals surface area contributed by atoms with Crippen LogP contribution in [0.5, 0.6) is 0 Å². The van der Waals surface area contributed by atoms with Gasteiger partial charge in [0.2, 0.25) is 0 Å². The molecule has 204 valence electrons. The molecule has 0 saturated heterocycles. The van der Waals surface area contributed by atoms with E-state index < -0.39 is 0 Å². The number of pyridine rings is 2. The van der Waals surface area contributed by atoms with E-state index in [0.717, 1.165) is 27.9 Å². The fourth-order valence-corrected chi connectivity index (χ4v) is 4.18. The highest BCUT2D eigenvalue weighted by Crippen LogP contribution is 2.12. The number of hydrogen-bond donors (Lipinski definition) is 0. The number of imidazole rings is 2. The highest BCUT2D eigenvalue weighted by atomic mass is 15.2. The van der Waals surface area contributed by atoms with Crippen LogP contribution >= 0.6 is 0 Å². The van der Waals surface area contributed by atoms with Crippen LogP contribution in [0.3, 0.4) is 0 Å². The monoisotopic (exact) mass is 542 g/mol. The van der Waals surface area contributed by atoms with Gasteiger partial charge in [-0.15, -0.1) is 0 Å². The molecular formula is C31H30N10. The fraction of sp³-hybridized carbons (Fsp3) is 0.129. The van der Waals surface area contributed by atoms with Gasteiger partial charge in [0.1, 0.15) is 12.0 Å². The van der Waals surface area contributed by atoms with Crippen molar-refractivity contribution in [1.29, 1.82) is 0 Å². The molecule has 0 radical (unpaired) electrons. The minimum Gasteiger partial charge on any atom is -0.290 e. The molecule has 0 aliphatic rings. The molecule has 0 saturated carbocycles. The van der Waals surface area contributed by atoms with Gasteiger partial charge >= 0.3 is 0 Å². The van der Waals surface area contributed by atoms with Gasteiger partial charge in [-0.1, -0.05) is 0 Å². The average Bonchev–Trinajstić information content (AvgIpc) is 3.77. The normalized spacial score (nSPS) is 10.4. The number of rotatable bonds is 0. The van der Waals surface area contributed by atoms with Gasteiger partial charge in [-0.3, -0.25) is 14.4 Å². The van der Waals surface area contributed by atoms with Crippen molar-refractivity contribution >= 4 is 27.7 Å². The fourth-order valence-electron chi connectivity index (χ4n) is 4.18. The molecule has 8 rings (SSSR count). The van der Waals surface area contributed by atoms with Gasteiger partial charge in [0, 0.05) is 72.9 Å². The zero-order chi connectivity index (χ0) is 28.6. The van der Waals surface area contributed by atoms with Gasteiger partial charge < -0.3 is 0 Å². The smallest absolute Gasteiger partial charge is 0.156 e. The summed E-state index contributed by atoms with van der Waals surface area (Å²) >= 11 is 0.